The summed E-state index contributed by atoms with van der Waals surface area (Å²) in [5.41, 5.74) is 1.86. The fourth-order valence-electron chi connectivity index (χ4n) is 3.62. The highest BCUT2D eigenvalue weighted by atomic mass is 35.5. The molecule has 0 unspecified atom stereocenters. The Kier molecular flexibility index (Phi) is 6.84. The van der Waals surface area contributed by atoms with Crippen LogP contribution in [-0.2, 0) is 6.54 Å². The fraction of sp³-hybridized carbons (Fsp3) is 0.429. The van der Waals surface area contributed by atoms with E-state index in [0.717, 1.165) is 54.4 Å². The maximum absolute atomic E-state index is 6.29. The summed E-state index contributed by atoms with van der Waals surface area (Å²) in [6.45, 7) is 7.99. The normalized spacial score (nSPS) is 14.6. The second kappa shape index (κ2) is 9.76. The number of likely N-dealkylation sites (N-methyl/N-ethyl adjacent to an activating group) is 1. The van der Waals surface area contributed by atoms with Crippen LogP contribution in [0.15, 0.2) is 30.5 Å². The molecule has 1 fully saturated rings. The third-order valence-corrected chi connectivity index (χ3v) is 6.75. The summed E-state index contributed by atoms with van der Waals surface area (Å²) in [6, 6.07) is 7.66. The Balaban J connectivity index is 1.47. The van der Waals surface area contributed by atoms with E-state index in [2.05, 4.69) is 42.9 Å². The van der Waals surface area contributed by atoms with Gasteiger partial charge in [-0.15, -0.1) is 10.2 Å². The summed E-state index contributed by atoms with van der Waals surface area (Å²) in [4.78, 5) is 4.77. The fourth-order valence-corrected chi connectivity index (χ4v) is 4.78. The Labute approximate surface area is 191 Å². The molecule has 0 atom stereocenters. The number of aromatic nitrogens is 3. The SMILES string of the molecule is CCN1CCN(c2nnc(-n3cccc3CNc3cc(Cl)c(OC)cc3OC)s2)CC1. The molecule has 3 heterocycles. The van der Waals surface area contributed by atoms with Gasteiger partial charge in [-0.1, -0.05) is 29.9 Å². The van der Waals surface area contributed by atoms with E-state index < -0.39 is 0 Å². The highest BCUT2D eigenvalue weighted by molar-refractivity contribution is 7.17. The van der Waals surface area contributed by atoms with Crippen molar-refractivity contribution >= 4 is 33.8 Å². The zero-order chi connectivity index (χ0) is 21.8. The van der Waals surface area contributed by atoms with Crippen LogP contribution in [0.1, 0.15) is 12.6 Å². The number of nitrogens with zero attached hydrogens (tertiary/aromatic N) is 5. The van der Waals surface area contributed by atoms with Gasteiger partial charge in [0.15, 0.2) is 0 Å². The van der Waals surface area contributed by atoms with Gasteiger partial charge in [-0.3, -0.25) is 4.57 Å². The van der Waals surface area contributed by atoms with Gasteiger partial charge in [0.2, 0.25) is 10.3 Å². The van der Waals surface area contributed by atoms with Crippen molar-refractivity contribution in [2.75, 3.05) is 57.2 Å². The molecule has 166 valence electrons. The van der Waals surface area contributed by atoms with Crippen LogP contribution in [0, 0.1) is 0 Å². The zero-order valence-corrected chi connectivity index (χ0v) is 19.5. The van der Waals surface area contributed by atoms with Gasteiger partial charge in [0.05, 0.1) is 31.5 Å². The lowest BCUT2D eigenvalue weighted by Gasteiger charge is -2.33. The average Bonchev–Trinajstić information content (AvgIpc) is 3.47. The van der Waals surface area contributed by atoms with E-state index in [0.29, 0.717) is 23.1 Å². The van der Waals surface area contributed by atoms with Crippen molar-refractivity contribution in [2.24, 2.45) is 0 Å². The van der Waals surface area contributed by atoms with Crippen LogP contribution in [0.3, 0.4) is 0 Å². The van der Waals surface area contributed by atoms with Crippen LogP contribution < -0.4 is 19.7 Å². The molecular weight excluding hydrogens is 436 g/mol. The van der Waals surface area contributed by atoms with E-state index in [1.165, 1.54) is 0 Å². The van der Waals surface area contributed by atoms with E-state index in [-0.39, 0.29) is 0 Å². The second-order valence-electron chi connectivity index (χ2n) is 7.20. The lowest BCUT2D eigenvalue weighted by atomic mass is 10.2. The summed E-state index contributed by atoms with van der Waals surface area (Å²) in [7, 11) is 3.21. The number of rotatable bonds is 8. The first-order valence-corrected chi connectivity index (χ1v) is 11.4. The lowest BCUT2D eigenvalue weighted by molar-refractivity contribution is 0.271. The minimum absolute atomic E-state index is 0.526. The van der Waals surface area contributed by atoms with Gasteiger partial charge in [0.25, 0.3) is 0 Å². The van der Waals surface area contributed by atoms with Crippen molar-refractivity contribution in [3.8, 4) is 16.6 Å². The quantitative estimate of drug-likeness (QED) is 0.546. The summed E-state index contributed by atoms with van der Waals surface area (Å²) < 4.78 is 12.8. The van der Waals surface area contributed by atoms with Gasteiger partial charge in [-0.25, -0.2) is 0 Å². The molecule has 31 heavy (non-hydrogen) atoms. The topological polar surface area (TPSA) is 67.7 Å². The maximum atomic E-state index is 6.29. The molecule has 8 nitrogen and oxygen atoms in total. The molecule has 0 amide bonds. The summed E-state index contributed by atoms with van der Waals surface area (Å²) in [6.07, 6.45) is 2.01. The number of benzene rings is 1. The van der Waals surface area contributed by atoms with Crippen LogP contribution in [0.2, 0.25) is 5.02 Å². The molecule has 0 spiro atoms. The molecule has 1 aliphatic heterocycles. The minimum atomic E-state index is 0.526. The second-order valence-corrected chi connectivity index (χ2v) is 8.54. The van der Waals surface area contributed by atoms with Crippen molar-refractivity contribution in [3.63, 3.8) is 0 Å². The molecule has 1 saturated heterocycles. The lowest BCUT2D eigenvalue weighted by Crippen LogP contribution is -2.46. The summed E-state index contributed by atoms with van der Waals surface area (Å²) >= 11 is 7.91. The van der Waals surface area contributed by atoms with Crippen LogP contribution in [-0.4, -0.2) is 66.6 Å². The van der Waals surface area contributed by atoms with Crippen molar-refractivity contribution in [3.05, 3.63) is 41.2 Å². The molecule has 0 aliphatic carbocycles. The first-order valence-electron chi connectivity index (χ1n) is 10.3. The predicted octanol–water partition coefficient (Wildman–Crippen LogP) is 3.75. The summed E-state index contributed by atoms with van der Waals surface area (Å²) in [5, 5.41) is 14.7. The number of anilines is 2. The molecule has 1 aliphatic rings. The molecule has 10 heteroatoms. The van der Waals surface area contributed by atoms with Gasteiger partial charge < -0.3 is 24.6 Å². The minimum Gasteiger partial charge on any atom is -0.495 e. The Morgan fingerprint density at radius 3 is 2.52 bits per heavy atom. The number of hydrogen-bond acceptors (Lipinski definition) is 8. The van der Waals surface area contributed by atoms with E-state index in [1.807, 2.05) is 18.3 Å². The molecule has 1 N–H and O–H groups in total. The average molecular weight is 463 g/mol. The third-order valence-electron chi connectivity index (χ3n) is 5.47. The van der Waals surface area contributed by atoms with E-state index >= 15 is 0 Å². The van der Waals surface area contributed by atoms with Crippen LogP contribution in [0.25, 0.3) is 5.13 Å². The number of methoxy groups -OCH3 is 2. The Morgan fingerprint density at radius 2 is 1.81 bits per heavy atom. The molecule has 1 aromatic carbocycles. The Hall–Kier alpha value is -2.49. The Morgan fingerprint density at radius 1 is 1.06 bits per heavy atom. The first kappa shape index (κ1) is 21.7. The number of ether oxygens (including phenoxy) is 2. The highest BCUT2D eigenvalue weighted by Gasteiger charge is 2.20. The molecule has 0 saturated carbocycles. The number of halogens is 1. The molecule has 0 bridgehead atoms. The van der Waals surface area contributed by atoms with E-state index in [4.69, 9.17) is 21.1 Å². The smallest absolute Gasteiger partial charge is 0.218 e. The van der Waals surface area contributed by atoms with Gasteiger partial charge in [-0.2, -0.15) is 0 Å². The van der Waals surface area contributed by atoms with Crippen molar-refractivity contribution in [1.29, 1.82) is 0 Å². The van der Waals surface area contributed by atoms with Crippen molar-refractivity contribution in [2.45, 2.75) is 13.5 Å². The molecule has 4 rings (SSSR count). The van der Waals surface area contributed by atoms with Crippen LogP contribution in [0.5, 0.6) is 11.5 Å². The van der Waals surface area contributed by atoms with Gasteiger partial charge in [0.1, 0.15) is 11.5 Å². The molecule has 2 aromatic heterocycles. The molecule has 0 radical (unpaired) electrons. The van der Waals surface area contributed by atoms with Crippen molar-refractivity contribution < 1.29 is 9.47 Å². The van der Waals surface area contributed by atoms with Crippen LogP contribution in [0.4, 0.5) is 10.8 Å². The van der Waals surface area contributed by atoms with E-state index in [9.17, 15) is 0 Å². The van der Waals surface area contributed by atoms with E-state index in [1.54, 1.807) is 31.6 Å². The molecular formula is C21H27ClN6O2S. The number of nitrogens with one attached hydrogen (secondary N) is 1. The van der Waals surface area contributed by atoms with Gasteiger partial charge in [-0.05, 0) is 24.7 Å². The monoisotopic (exact) mass is 462 g/mol. The van der Waals surface area contributed by atoms with Gasteiger partial charge in [0, 0.05) is 44.1 Å². The number of hydrogen-bond donors (Lipinski definition) is 1. The van der Waals surface area contributed by atoms with Crippen LogP contribution >= 0.6 is 22.9 Å². The third kappa shape index (κ3) is 4.73. The highest BCUT2D eigenvalue weighted by Crippen LogP contribution is 2.36. The standard InChI is InChI=1S/C21H27ClN6O2S/c1-4-26-8-10-27(11-9-26)20-24-25-21(31-20)28-7-5-6-15(28)14-23-17-12-16(22)18(29-2)13-19(17)30-3/h5-7,12-13,23H,4,8-11,14H2,1-3H3. The summed E-state index contributed by atoms with van der Waals surface area (Å²) in [5.74, 6) is 1.25. The maximum Gasteiger partial charge on any atom is 0.218 e. The zero-order valence-electron chi connectivity index (χ0n) is 18.0. The largest absolute Gasteiger partial charge is 0.495 e. The number of piperazine rings is 1. The van der Waals surface area contributed by atoms with Crippen molar-refractivity contribution in [1.82, 2.24) is 19.7 Å². The predicted molar refractivity (Wildman–Crippen MR) is 125 cm³/mol. The van der Waals surface area contributed by atoms with Gasteiger partial charge >= 0.3 is 0 Å². The first-order chi connectivity index (χ1) is 15.1. The Bertz CT molecular complexity index is 1020. The molecule has 3 aromatic rings.